The van der Waals surface area contributed by atoms with Gasteiger partial charge in [0.05, 0.1) is 11.9 Å². The predicted molar refractivity (Wildman–Crippen MR) is 28.1 cm³/mol. The normalized spacial score (nSPS) is 6.73. The van der Waals surface area contributed by atoms with Gasteiger partial charge in [0.15, 0.2) is 0 Å². The Morgan fingerprint density at radius 1 is 1.00 bits per heavy atom. The molecule has 4 N–H and O–H groups in total. The molecule has 0 aliphatic heterocycles. The van der Waals surface area contributed by atoms with E-state index in [1.54, 1.807) is 0 Å². The molecule has 0 saturated heterocycles. The van der Waals surface area contributed by atoms with E-state index >= 15 is 0 Å². The maximum Gasteiger partial charge on any atom is 2.00 e. The summed E-state index contributed by atoms with van der Waals surface area (Å²) in [7, 11) is 0. The molecule has 11 heavy (non-hydrogen) atoms. The molecule has 0 aromatic carbocycles. The number of carbonyl (C=O) groups excluding carboxylic acids is 2. The van der Waals surface area contributed by atoms with Crippen molar-refractivity contribution in [2.75, 3.05) is 13.1 Å². The largest absolute Gasteiger partial charge is 2.00 e. The van der Waals surface area contributed by atoms with E-state index in [-0.39, 0.29) is 30.2 Å². The van der Waals surface area contributed by atoms with E-state index < -0.39 is 11.9 Å². The van der Waals surface area contributed by atoms with Crippen molar-refractivity contribution in [2.24, 2.45) is 11.5 Å². The van der Waals surface area contributed by atoms with E-state index in [9.17, 15) is 0 Å². The first-order chi connectivity index (χ1) is 4.54. The van der Waals surface area contributed by atoms with Crippen LogP contribution in [0.3, 0.4) is 0 Å². The van der Waals surface area contributed by atoms with Gasteiger partial charge in [-0.15, -0.1) is 0 Å². The van der Waals surface area contributed by atoms with Crippen molar-refractivity contribution in [3.8, 4) is 0 Å². The third-order valence-electron chi connectivity index (χ3n) is 0.333. The molecule has 0 bridgehead atoms. The standard InChI is InChI=1S/2C2H5NO2.Fe/c2*3-1-2(4)5;/h2*1,3H2,(H,4,5);/q;;+2/p-2. The molecule has 0 radical (unpaired) electrons. The van der Waals surface area contributed by atoms with Crippen molar-refractivity contribution < 1.29 is 36.9 Å². The minimum Gasteiger partial charge on any atom is -0.549 e. The van der Waals surface area contributed by atoms with Crippen LogP contribution in [-0.4, -0.2) is 25.0 Å². The molecule has 6 nitrogen and oxygen atoms in total. The van der Waals surface area contributed by atoms with Crippen LogP contribution in [-0.2, 0) is 26.7 Å². The third kappa shape index (κ3) is 44.7. The average molecular weight is 204 g/mol. The Balaban J connectivity index is -0.000000107. The molecule has 7 heteroatoms. The summed E-state index contributed by atoms with van der Waals surface area (Å²) in [6, 6.07) is 0. The number of rotatable bonds is 2. The van der Waals surface area contributed by atoms with Crippen LogP contribution >= 0.6 is 0 Å². The summed E-state index contributed by atoms with van der Waals surface area (Å²) in [4.78, 5) is 18.3. The maximum absolute atomic E-state index is 9.13. The first-order valence-electron chi connectivity index (χ1n) is 2.34. The number of carboxylic acids is 2. The maximum atomic E-state index is 9.13. The van der Waals surface area contributed by atoms with Crippen LogP contribution in [0.15, 0.2) is 0 Å². The topological polar surface area (TPSA) is 132 Å². The second-order valence-electron chi connectivity index (χ2n) is 1.15. The van der Waals surface area contributed by atoms with Crippen LogP contribution in [0.5, 0.6) is 0 Å². The summed E-state index contributed by atoms with van der Waals surface area (Å²) in [5.74, 6) is -2.44. The monoisotopic (exact) mass is 204 g/mol. The van der Waals surface area contributed by atoms with Crippen LogP contribution in [0, 0.1) is 0 Å². The summed E-state index contributed by atoms with van der Waals surface area (Å²) in [6.45, 7) is -0.778. The molecule has 0 amide bonds. The Labute approximate surface area is 74.0 Å². The molecule has 0 saturated carbocycles. The number of carbonyl (C=O) groups is 2. The van der Waals surface area contributed by atoms with E-state index in [2.05, 4.69) is 11.5 Å². The van der Waals surface area contributed by atoms with E-state index in [0.717, 1.165) is 0 Å². The van der Waals surface area contributed by atoms with Crippen LogP contribution in [0.2, 0.25) is 0 Å². The van der Waals surface area contributed by atoms with Gasteiger partial charge in [0.2, 0.25) is 0 Å². The summed E-state index contributed by atoms with van der Waals surface area (Å²) in [6.07, 6.45) is 0. The fourth-order valence-electron chi connectivity index (χ4n) is 0. The van der Waals surface area contributed by atoms with Gasteiger partial charge in [0, 0.05) is 13.1 Å². The number of hydrogen-bond acceptors (Lipinski definition) is 6. The van der Waals surface area contributed by atoms with E-state index in [1.165, 1.54) is 0 Å². The van der Waals surface area contributed by atoms with Crippen LogP contribution < -0.4 is 21.7 Å². The van der Waals surface area contributed by atoms with Crippen LogP contribution in [0.25, 0.3) is 0 Å². The van der Waals surface area contributed by atoms with Crippen molar-refractivity contribution in [2.45, 2.75) is 0 Å². The Bertz CT molecular complexity index is 105. The van der Waals surface area contributed by atoms with Gasteiger partial charge in [-0.25, -0.2) is 0 Å². The summed E-state index contributed by atoms with van der Waals surface area (Å²) >= 11 is 0. The van der Waals surface area contributed by atoms with Gasteiger partial charge >= 0.3 is 17.1 Å². The molecule has 66 valence electrons. The van der Waals surface area contributed by atoms with Crippen molar-refractivity contribution >= 4 is 11.9 Å². The molecule has 0 heterocycles. The van der Waals surface area contributed by atoms with Crippen LogP contribution in [0.1, 0.15) is 0 Å². The zero-order valence-electron chi connectivity index (χ0n) is 5.56. The van der Waals surface area contributed by atoms with Gasteiger partial charge in [0.1, 0.15) is 0 Å². The van der Waals surface area contributed by atoms with Crippen molar-refractivity contribution in [3.63, 3.8) is 0 Å². The van der Waals surface area contributed by atoms with Crippen molar-refractivity contribution in [3.05, 3.63) is 0 Å². The fourth-order valence-corrected chi connectivity index (χ4v) is 0. The minimum atomic E-state index is -1.22. The minimum absolute atomic E-state index is 0. The fraction of sp³-hybridized carbons (Fsp3) is 0.500. The van der Waals surface area contributed by atoms with Gasteiger partial charge in [-0.1, -0.05) is 0 Å². The second-order valence-corrected chi connectivity index (χ2v) is 1.15. The van der Waals surface area contributed by atoms with Gasteiger partial charge in [0.25, 0.3) is 0 Å². The van der Waals surface area contributed by atoms with Crippen molar-refractivity contribution in [1.82, 2.24) is 0 Å². The molecular formula is C4H8FeN2O4. The van der Waals surface area contributed by atoms with E-state index in [4.69, 9.17) is 19.8 Å². The van der Waals surface area contributed by atoms with Crippen LogP contribution in [0.4, 0.5) is 0 Å². The van der Waals surface area contributed by atoms with E-state index in [1.807, 2.05) is 0 Å². The molecule has 0 fully saturated rings. The van der Waals surface area contributed by atoms with Crippen molar-refractivity contribution in [1.29, 1.82) is 0 Å². The second kappa shape index (κ2) is 12.1. The molecule has 0 rings (SSSR count). The number of aliphatic carboxylic acids is 2. The summed E-state index contributed by atoms with van der Waals surface area (Å²) < 4.78 is 0. The molecular weight excluding hydrogens is 196 g/mol. The molecule has 0 unspecified atom stereocenters. The summed E-state index contributed by atoms with van der Waals surface area (Å²) in [5.41, 5.74) is 9.02. The molecule has 0 atom stereocenters. The Morgan fingerprint density at radius 3 is 1.09 bits per heavy atom. The predicted octanol–water partition coefficient (Wildman–Crippen LogP) is -4.61. The van der Waals surface area contributed by atoms with Gasteiger partial charge in [-0.2, -0.15) is 0 Å². The molecule has 0 aliphatic carbocycles. The first kappa shape index (κ1) is 16.8. The Morgan fingerprint density at radius 2 is 1.09 bits per heavy atom. The summed E-state index contributed by atoms with van der Waals surface area (Å²) in [5, 5.41) is 18.3. The molecule has 0 aromatic rings. The van der Waals surface area contributed by atoms with Gasteiger partial charge in [-0.3, -0.25) is 0 Å². The first-order valence-corrected chi connectivity index (χ1v) is 2.34. The zero-order valence-corrected chi connectivity index (χ0v) is 6.66. The quantitative estimate of drug-likeness (QED) is 0.434. The molecule has 0 aromatic heterocycles. The van der Waals surface area contributed by atoms with Gasteiger partial charge in [-0.05, 0) is 0 Å². The van der Waals surface area contributed by atoms with Gasteiger partial charge < -0.3 is 31.3 Å². The smallest absolute Gasteiger partial charge is 0.549 e. The SMILES string of the molecule is NCC(=O)[O-].NCC(=O)[O-].[Fe+2]. The molecule has 0 aliphatic rings. The third-order valence-corrected chi connectivity index (χ3v) is 0.333. The average Bonchev–Trinajstić information content (AvgIpc) is 1.89. The Hall–Kier alpha value is -0.621. The number of hydrogen-bond donors (Lipinski definition) is 2. The molecule has 0 spiro atoms. The zero-order chi connectivity index (χ0) is 8.57. The number of carboxylic acid groups (broad SMARTS) is 2. The number of nitrogens with two attached hydrogens (primary N) is 2. The van der Waals surface area contributed by atoms with E-state index in [0.29, 0.717) is 0 Å². The Kier molecular flexibility index (Phi) is 18.4.